The van der Waals surface area contributed by atoms with E-state index < -0.39 is 0 Å². The molecule has 1 aliphatic heterocycles. The van der Waals surface area contributed by atoms with E-state index in [1.165, 1.54) is 12.5 Å². The summed E-state index contributed by atoms with van der Waals surface area (Å²) in [6.07, 6.45) is 2.55. The van der Waals surface area contributed by atoms with Crippen molar-refractivity contribution in [2.75, 3.05) is 5.32 Å². The van der Waals surface area contributed by atoms with Crippen molar-refractivity contribution < 1.29 is 9.59 Å². The van der Waals surface area contributed by atoms with Crippen LogP contribution in [-0.4, -0.2) is 17.2 Å². The number of carbonyl (C=O) groups is 2. The number of benzene rings is 2. The van der Waals surface area contributed by atoms with Crippen LogP contribution in [0.5, 0.6) is 0 Å². The summed E-state index contributed by atoms with van der Waals surface area (Å²) in [4.78, 5) is 23.9. The number of fused-ring (bicyclic) bond motifs is 1. The fourth-order valence-electron chi connectivity index (χ4n) is 3.17. The molecule has 4 heteroatoms. The van der Waals surface area contributed by atoms with Crippen LogP contribution >= 0.6 is 0 Å². The standard InChI is InChI=1S/C21H22N2O2/c1-14(24)22-17-9-6-8-15(11-17)20(25)12-19-18-10-5-4-7-16(18)13-21(2,3)23-19/h4-12,23H,13H2,1-3H3,(H,22,24)/b19-12-. The number of hydrogen-bond donors (Lipinski definition) is 2. The number of allylic oxidation sites excluding steroid dienone is 1. The van der Waals surface area contributed by atoms with Crippen LogP contribution in [0.15, 0.2) is 54.6 Å². The molecular weight excluding hydrogens is 312 g/mol. The van der Waals surface area contributed by atoms with Gasteiger partial charge in [-0.2, -0.15) is 0 Å². The molecule has 0 bridgehead atoms. The predicted molar refractivity (Wildman–Crippen MR) is 100 cm³/mol. The van der Waals surface area contributed by atoms with Gasteiger partial charge in [0.25, 0.3) is 0 Å². The summed E-state index contributed by atoms with van der Waals surface area (Å²) in [6, 6.07) is 15.1. The second-order valence-corrected chi connectivity index (χ2v) is 7.03. The van der Waals surface area contributed by atoms with Crippen LogP contribution in [0.4, 0.5) is 5.69 Å². The minimum absolute atomic E-state index is 0.0952. The number of ketones is 1. The lowest BCUT2D eigenvalue weighted by molar-refractivity contribution is -0.114. The molecule has 128 valence electrons. The second kappa shape index (κ2) is 6.55. The third-order valence-corrected chi connectivity index (χ3v) is 4.16. The molecule has 0 atom stereocenters. The van der Waals surface area contributed by atoms with E-state index in [2.05, 4.69) is 30.5 Å². The van der Waals surface area contributed by atoms with Gasteiger partial charge in [0, 0.05) is 41.1 Å². The zero-order valence-electron chi connectivity index (χ0n) is 14.7. The summed E-state index contributed by atoms with van der Waals surface area (Å²) in [5, 5.41) is 6.17. The maximum atomic E-state index is 12.7. The molecule has 0 saturated carbocycles. The summed E-state index contributed by atoms with van der Waals surface area (Å²) >= 11 is 0. The van der Waals surface area contributed by atoms with Crippen LogP contribution < -0.4 is 10.6 Å². The van der Waals surface area contributed by atoms with Gasteiger partial charge in [0.2, 0.25) is 5.91 Å². The Hall–Kier alpha value is -2.88. The predicted octanol–water partition coefficient (Wildman–Crippen LogP) is 3.79. The molecule has 1 heterocycles. The number of nitrogens with one attached hydrogen (secondary N) is 2. The lowest BCUT2D eigenvalue weighted by Crippen LogP contribution is -2.43. The summed E-state index contributed by atoms with van der Waals surface area (Å²) in [6.45, 7) is 5.69. The first-order chi connectivity index (χ1) is 11.8. The van der Waals surface area contributed by atoms with E-state index in [0.717, 1.165) is 17.7 Å². The van der Waals surface area contributed by atoms with Crippen molar-refractivity contribution in [1.82, 2.24) is 5.32 Å². The van der Waals surface area contributed by atoms with Crippen molar-refractivity contribution in [3.63, 3.8) is 0 Å². The van der Waals surface area contributed by atoms with Crippen molar-refractivity contribution in [2.24, 2.45) is 0 Å². The van der Waals surface area contributed by atoms with Crippen LogP contribution in [0.2, 0.25) is 0 Å². The van der Waals surface area contributed by atoms with E-state index in [4.69, 9.17) is 0 Å². The molecule has 0 saturated heterocycles. The molecule has 2 aromatic carbocycles. The van der Waals surface area contributed by atoms with Gasteiger partial charge in [-0.15, -0.1) is 0 Å². The third kappa shape index (κ3) is 3.97. The molecule has 0 aromatic heterocycles. The Morgan fingerprint density at radius 1 is 1.12 bits per heavy atom. The van der Waals surface area contributed by atoms with Crippen LogP contribution in [-0.2, 0) is 11.2 Å². The number of rotatable bonds is 3. The van der Waals surface area contributed by atoms with Crippen molar-refractivity contribution in [2.45, 2.75) is 32.7 Å². The molecule has 0 spiro atoms. The highest BCUT2D eigenvalue weighted by atomic mass is 16.1. The summed E-state index contributed by atoms with van der Waals surface area (Å²) in [5.74, 6) is -0.255. The minimum Gasteiger partial charge on any atom is -0.379 e. The SMILES string of the molecule is CC(=O)Nc1cccc(C(=O)/C=C2\NC(C)(C)Cc3ccccc32)c1. The first-order valence-corrected chi connectivity index (χ1v) is 8.34. The second-order valence-electron chi connectivity index (χ2n) is 7.03. The normalized spacial score (nSPS) is 16.7. The van der Waals surface area contributed by atoms with E-state index in [1.54, 1.807) is 30.3 Å². The van der Waals surface area contributed by atoms with Crippen LogP contribution in [0.25, 0.3) is 5.70 Å². The first-order valence-electron chi connectivity index (χ1n) is 8.34. The zero-order chi connectivity index (χ0) is 18.0. The Morgan fingerprint density at radius 2 is 1.88 bits per heavy atom. The van der Waals surface area contributed by atoms with Crippen molar-refractivity contribution in [3.8, 4) is 0 Å². The maximum absolute atomic E-state index is 12.7. The molecule has 0 radical (unpaired) electrons. The fraction of sp³-hybridized carbons (Fsp3) is 0.238. The smallest absolute Gasteiger partial charge is 0.221 e. The molecular formula is C21H22N2O2. The summed E-state index contributed by atoms with van der Waals surface area (Å²) < 4.78 is 0. The molecule has 0 aliphatic carbocycles. The lowest BCUT2D eigenvalue weighted by atomic mass is 9.85. The summed E-state index contributed by atoms with van der Waals surface area (Å²) in [5.41, 5.74) is 4.18. The Labute approximate surface area is 148 Å². The van der Waals surface area contributed by atoms with Gasteiger partial charge in [-0.1, -0.05) is 36.4 Å². The first kappa shape index (κ1) is 17.0. The third-order valence-electron chi connectivity index (χ3n) is 4.16. The molecule has 2 N–H and O–H groups in total. The Bertz CT molecular complexity index is 866. The maximum Gasteiger partial charge on any atom is 0.221 e. The molecule has 4 nitrogen and oxygen atoms in total. The highest BCUT2D eigenvalue weighted by Crippen LogP contribution is 2.29. The van der Waals surface area contributed by atoms with Gasteiger partial charge in [0.05, 0.1) is 0 Å². The molecule has 1 amide bonds. The van der Waals surface area contributed by atoms with Gasteiger partial charge >= 0.3 is 0 Å². The number of carbonyl (C=O) groups excluding carboxylic acids is 2. The Morgan fingerprint density at radius 3 is 2.64 bits per heavy atom. The topological polar surface area (TPSA) is 58.2 Å². The highest BCUT2D eigenvalue weighted by Gasteiger charge is 2.27. The minimum atomic E-state index is -0.160. The number of hydrogen-bond acceptors (Lipinski definition) is 3. The monoisotopic (exact) mass is 334 g/mol. The Balaban J connectivity index is 1.95. The number of anilines is 1. The molecule has 0 fully saturated rings. The molecule has 1 aliphatic rings. The van der Waals surface area contributed by atoms with E-state index in [9.17, 15) is 9.59 Å². The fourth-order valence-corrected chi connectivity index (χ4v) is 3.17. The molecule has 25 heavy (non-hydrogen) atoms. The Kier molecular flexibility index (Phi) is 4.45. The van der Waals surface area contributed by atoms with Crippen molar-refractivity contribution in [3.05, 3.63) is 71.3 Å². The van der Waals surface area contributed by atoms with Gasteiger partial charge < -0.3 is 10.6 Å². The molecule has 0 unspecified atom stereocenters. The highest BCUT2D eigenvalue weighted by molar-refractivity contribution is 6.09. The molecule has 3 rings (SSSR count). The van der Waals surface area contributed by atoms with Crippen LogP contribution in [0.3, 0.4) is 0 Å². The van der Waals surface area contributed by atoms with Crippen molar-refractivity contribution >= 4 is 23.1 Å². The van der Waals surface area contributed by atoms with E-state index in [0.29, 0.717) is 11.3 Å². The van der Waals surface area contributed by atoms with Gasteiger partial charge in [-0.25, -0.2) is 0 Å². The van der Waals surface area contributed by atoms with Gasteiger partial charge in [-0.3, -0.25) is 9.59 Å². The van der Waals surface area contributed by atoms with E-state index in [-0.39, 0.29) is 17.2 Å². The van der Waals surface area contributed by atoms with Crippen molar-refractivity contribution in [1.29, 1.82) is 0 Å². The quantitative estimate of drug-likeness (QED) is 0.663. The van der Waals surface area contributed by atoms with Crippen LogP contribution in [0.1, 0.15) is 42.3 Å². The number of amides is 1. The largest absolute Gasteiger partial charge is 0.379 e. The zero-order valence-corrected chi connectivity index (χ0v) is 14.7. The van der Waals surface area contributed by atoms with Gasteiger partial charge in [0.1, 0.15) is 0 Å². The van der Waals surface area contributed by atoms with E-state index in [1.807, 2.05) is 18.2 Å². The van der Waals surface area contributed by atoms with Gasteiger partial charge in [-0.05, 0) is 38.0 Å². The average molecular weight is 334 g/mol. The lowest BCUT2D eigenvalue weighted by Gasteiger charge is -2.35. The van der Waals surface area contributed by atoms with Crippen LogP contribution in [0, 0.1) is 0 Å². The van der Waals surface area contributed by atoms with E-state index >= 15 is 0 Å². The van der Waals surface area contributed by atoms with Gasteiger partial charge in [0.15, 0.2) is 5.78 Å². The summed E-state index contributed by atoms with van der Waals surface area (Å²) in [7, 11) is 0. The average Bonchev–Trinajstić information content (AvgIpc) is 2.53. The molecule has 2 aromatic rings.